The second-order valence-corrected chi connectivity index (χ2v) is 20.7. The summed E-state index contributed by atoms with van der Waals surface area (Å²) in [5.74, 6) is -0.224. The molecule has 3 unspecified atom stereocenters. The van der Waals surface area contributed by atoms with Gasteiger partial charge in [-0.1, -0.05) is 210 Å². The van der Waals surface area contributed by atoms with Gasteiger partial charge in [0.05, 0.1) is 39.9 Å². The number of allylic oxidation sites excluding steroid dienone is 25. The summed E-state index contributed by atoms with van der Waals surface area (Å²) in [6.07, 6.45) is 82.0. The Morgan fingerprint density at radius 3 is 1.26 bits per heavy atom. The zero-order chi connectivity index (χ0) is 52.7. The Bertz CT molecular complexity index is 1720. The molecule has 0 radical (unpaired) electrons. The van der Waals surface area contributed by atoms with Crippen LogP contribution in [0.1, 0.15) is 181 Å². The van der Waals surface area contributed by atoms with E-state index in [-0.39, 0.29) is 19.1 Å². The summed E-state index contributed by atoms with van der Waals surface area (Å²) in [5, 5.41) is 13.8. The number of unbranched alkanes of at least 4 members (excludes halogenated alkanes) is 11. The first-order valence-corrected chi connectivity index (χ1v) is 29.4. The van der Waals surface area contributed by atoms with Gasteiger partial charge in [-0.05, 0) is 122 Å². The molecule has 0 aromatic heterocycles. The van der Waals surface area contributed by atoms with Crippen molar-refractivity contribution in [1.29, 1.82) is 0 Å². The van der Waals surface area contributed by atoms with Crippen LogP contribution in [0.25, 0.3) is 0 Å². The average Bonchev–Trinajstić information content (AvgIpc) is 3.34. The first kappa shape index (κ1) is 68.1. The molecule has 0 aliphatic rings. The molecule has 0 aliphatic heterocycles. The van der Waals surface area contributed by atoms with Crippen molar-refractivity contribution in [1.82, 2.24) is 5.32 Å². The fraction of sp³-hybridized carbons (Fsp3) is 0.571. The van der Waals surface area contributed by atoms with Crippen molar-refractivity contribution < 1.29 is 32.9 Å². The lowest BCUT2D eigenvalue weighted by Gasteiger charge is -2.25. The molecule has 8 nitrogen and oxygen atoms in total. The minimum atomic E-state index is -4.38. The van der Waals surface area contributed by atoms with Crippen molar-refractivity contribution in [2.24, 2.45) is 0 Å². The SMILES string of the molecule is CC/C=C\C/C=C\C/C=C\C/C=C\C/C=C\C/C=C\C/C=C\C/C=C\C/C=C\C/C=C\CCCCCCC(=O)NC(COP(=O)(O)OCC[N+](C)(C)C)C(O)/C=C/CC/C=C/CC/C=C/CCCCCCC. The Balaban J connectivity index is 4.33. The number of phosphoric ester groups is 1. The number of aliphatic hydroxyl groups excluding tert-OH is 1. The van der Waals surface area contributed by atoms with E-state index in [4.69, 9.17) is 9.05 Å². The van der Waals surface area contributed by atoms with Crippen LogP contribution in [-0.2, 0) is 18.4 Å². The number of amides is 1. The van der Waals surface area contributed by atoms with Crippen LogP contribution in [0.15, 0.2) is 158 Å². The normalized spacial score (nSPS) is 15.2. The summed E-state index contributed by atoms with van der Waals surface area (Å²) in [6, 6.07) is -0.896. The van der Waals surface area contributed by atoms with E-state index in [9.17, 15) is 19.4 Å². The zero-order valence-electron chi connectivity index (χ0n) is 46.1. The van der Waals surface area contributed by atoms with Gasteiger partial charge in [-0.2, -0.15) is 0 Å². The third-order valence-corrected chi connectivity index (χ3v) is 12.2. The van der Waals surface area contributed by atoms with Crippen LogP contribution < -0.4 is 5.32 Å². The number of rotatable bonds is 48. The molecule has 3 atom stereocenters. The highest BCUT2D eigenvalue weighted by Gasteiger charge is 2.27. The minimum Gasteiger partial charge on any atom is -0.387 e. The molecule has 1 amide bonds. The Morgan fingerprint density at radius 2 is 0.847 bits per heavy atom. The van der Waals surface area contributed by atoms with E-state index in [0.29, 0.717) is 17.4 Å². The molecule has 0 aromatic rings. The Hall–Kier alpha value is -3.88. The van der Waals surface area contributed by atoms with E-state index in [1.54, 1.807) is 6.08 Å². The van der Waals surface area contributed by atoms with Gasteiger partial charge < -0.3 is 19.8 Å². The number of carbonyl (C=O) groups is 1. The molecule has 0 saturated heterocycles. The van der Waals surface area contributed by atoms with Crippen LogP contribution in [0.2, 0.25) is 0 Å². The van der Waals surface area contributed by atoms with E-state index in [2.05, 4.69) is 165 Å². The predicted octanol–water partition coefficient (Wildman–Crippen LogP) is 17.1. The molecule has 406 valence electrons. The number of aliphatic hydroxyl groups is 1. The second-order valence-electron chi connectivity index (χ2n) is 19.2. The van der Waals surface area contributed by atoms with Crippen LogP contribution in [-0.4, -0.2) is 73.4 Å². The summed E-state index contributed by atoms with van der Waals surface area (Å²) in [6.45, 7) is 4.60. The summed E-state index contributed by atoms with van der Waals surface area (Å²) >= 11 is 0. The number of phosphoric acid groups is 1. The minimum absolute atomic E-state index is 0.0388. The van der Waals surface area contributed by atoms with Crippen LogP contribution in [0, 0.1) is 0 Å². The summed E-state index contributed by atoms with van der Waals surface area (Å²) in [7, 11) is 1.50. The molecule has 9 heteroatoms. The van der Waals surface area contributed by atoms with Crippen molar-refractivity contribution >= 4 is 13.7 Å². The van der Waals surface area contributed by atoms with Crippen LogP contribution in [0.5, 0.6) is 0 Å². The molecular weight excluding hydrogens is 912 g/mol. The average molecular weight is 1020 g/mol. The molecule has 0 bridgehead atoms. The first-order chi connectivity index (χ1) is 35.0. The highest BCUT2D eigenvalue weighted by Crippen LogP contribution is 2.43. The molecule has 3 N–H and O–H groups in total. The number of hydrogen-bond acceptors (Lipinski definition) is 5. The Morgan fingerprint density at radius 1 is 0.486 bits per heavy atom. The molecular formula is C63H104N2O6P+. The van der Waals surface area contributed by atoms with E-state index in [1.807, 2.05) is 27.2 Å². The lowest BCUT2D eigenvalue weighted by atomic mass is 10.1. The van der Waals surface area contributed by atoms with Crippen LogP contribution in [0.3, 0.4) is 0 Å². The van der Waals surface area contributed by atoms with E-state index < -0.39 is 20.0 Å². The molecule has 72 heavy (non-hydrogen) atoms. The number of nitrogens with zero attached hydrogens (tertiary/aromatic N) is 1. The summed E-state index contributed by atoms with van der Waals surface area (Å²) in [5.41, 5.74) is 0. The monoisotopic (exact) mass is 1020 g/mol. The van der Waals surface area contributed by atoms with E-state index in [1.165, 1.54) is 32.1 Å². The van der Waals surface area contributed by atoms with Gasteiger partial charge in [0.2, 0.25) is 5.91 Å². The number of quaternary nitrogens is 1. The van der Waals surface area contributed by atoms with Gasteiger partial charge >= 0.3 is 7.82 Å². The largest absolute Gasteiger partial charge is 0.472 e. The Kier molecular flexibility index (Phi) is 49.2. The topological polar surface area (TPSA) is 105 Å². The van der Waals surface area contributed by atoms with Crippen molar-refractivity contribution in [2.75, 3.05) is 40.9 Å². The standard InChI is InChI=1S/C63H103N2O6P/c1-6-8-10-12-14-16-18-20-22-23-24-25-26-27-28-29-30-31-32-33-34-35-36-37-38-39-40-41-43-45-47-49-51-53-55-57-63(67)64-61(60-71-72(68,69)70-59-58-65(3,4)5)62(66)56-54-52-50-48-46-44-42-21-19-17-15-13-11-9-7-2/h8,10,14,16,19-22,24-25,27-28,30-31,33-34,36-37,39-40,43,45-46,48,54,56,61-62,66H,6-7,9,11-13,15,17-18,23,26,29,32,35,38,41-42,44,47,49-53,55,57-60H2,1-5H3,(H-,64,67,68,69)/p+1/b10-8-,16-14-,21-19+,22-20-,25-24-,28-27-,31-30-,34-33-,37-36-,40-39-,45-43-,48-46+,56-54+. The first-order valence-electron chi connectivity index (χ1n) is 27.9. The maximum Gasteiger partial charge on any atom is 0.472 e. The van der Waals surface area contributed by atoms with Gasteiger partial charge in [-0.15, -0.1) is 0 Å². The van der Waals surface area contributed by atoms with Crippen molar-refractivity contribution in [3.8, 4) is 0 Å². The lowest BCUT2D eigenvalue weighted by Crippen LogP contribution is -2.45. The highest BCUT2D eigenvalue weighted by atomic mass is 31.2. The fourth-order valence-electron chi connectivity index (χ4n) is 6.86. The van der Waals surface area contributed by atoms with Gasteiger partial charge in [0.1, 0.15) is 13.2 Å². The van der Waals surface area contributed by atoms with E-state index in [0.717, 1.165) is 128 Å². The number of carbonyl (C=O) groups excluding carboxylic acids is 1. The maximum absolute atomic E-state index is 12.9. The van der Waals surface area contributed by atoms with Gasteiger partial charge in [-0.25, -0.2) is 4.57 Å². The third-order valence-electron chi connectivity index (χ3n) is 11.2. The lowest BCUT2D eigenvalue weighted by molar-refractivity contribution is -0.870. The number of hydrogen-bond donors (Lipinski definition) is 3. The van der Waals surface area contributed by atoms with Crippen molar-refractivity contribution in [3.05, 3.63) is 158 Å². The molecule has 0 heterocycles. The van der Waals surface area contributed by atoms with Gasteiger partial charge in [-0.3, -0.25) is 13.8 Å². The second kappa shape index (κ2) is 52.0. The molecule has 0 fully saturated rings. The molecule has 0 aliphatic carbocycles. The summed E-state index contributed by atoms with van der Waals surface area (Å²) < 4.78 is 23.6. The van der Waals surface area contributed by atoms with Gasteiger partial charge in [0.15, 0.2) is 0 Å². The number of nitrogens with one attached hydrogen (secondary N) is 1. The third kappa shape index (κ3) is 53.9. The summed E-state index contributed by atoms with van der Waals surface area (Å²) in [4.78, 5) is 23.2. The molecule has 0 saturated carbocycles. The highest BCUT2D eigenvalue weighted by molar-refractivity contribution is 7.47. The molecule has 0 spiro atoms. The molecule has 0 rings (SSSR count). The van der Waals surface area contributed by atoms with Crippen LogP contribution >= 0.6 is 7.82 Å². The molecule has 0 aromatic carbocycles. The fourth-order valence-corrected chi connectivity index (χ4v) is 7.60. The smallest absolute Gasteiger partial charge is 0.387 e. The van der Waals surface area contributed by atoms with Crippen molar-refractivity contribution in [2.45, 2.75) is 193 Å². The number of likely N-dealkylation sites (N-methyl/N-ethyl adjacent to an activating group) is 1. The predicted molar refractivity (Wildman–Crippen MR) is 313 cm³/mol. The zero-order valence-corrected chi connectivity index (χ0v) is 47.0. The van der Waals surface area contributed by atoms with Gasteiger partial charge in [0.25, 0.3) is 0 Å². The maximum atomic E-state index is 12.9. The Labute approximate surface area is 441 Å². The van der Waals surface area contributed by atoms with E-state index >= 15 is 0 Å². The van der Waals surface area contributed by atoms with Crippen molar-refractivity contribution in [3.63, 3.8) is 0 Å². The van der Waals surface area contributed by atoms with Gasteiger partial charge in [0, 0.05) is 6.42 Å². The quantitative estimate of drug-likeness (QED) is 0.0243. The van der Waals surface area contributed by atoms with Crippen LogP contribution in [0.4, 0.5) is 0 Å².